The van der Waals surface area contributed by atoms with Crippen LogP contribution < -0.4 is 0 Å². The predicted molar refractivity (Wildman–Crippen MR) is 92.3 cm³/mol. The lowest BCUT2D eigenvalue weighted by Crippen LogP contribution is -2.38. The van der Waals surface area contributed by atoms with Crippen molar-refractivity contribution in [3.05, 3.63) is 22.5 Å². The van der Waals surface area contributed by atoms with Gasteiger partial charge in [0.05, 0.1) is 13.7 Å². The Balaban J connectivity index is 3.27. The summed E-state index contributed by atoms with van der Waals surface area (Å²) in [6.45, 7) is 12.0. The van der Waals surface area contributed by atoms with Crippen molar-refractivity contribution in [3.63, 3.8) is 0 Å². The number of ether oxygens (including phenoxy) is 1. The third kappa shape index (κ3) is 3.68. The van der Waals surface area contributed by atoms with Crippen molar-refractivity contribution in [2.24, 2.45) is 5.92 Å². The second-order valence-corrected chi connectivity index (χ2v) is 6.10. The van der Waals surface area contributed by atoms with Gasteiger partial charge >= 0.3 is 5.97 Å². The van der Waals surface area contributed by atoms with Crippen LogP contribution in [0.5, 0.6) is 0 Å². The third-order valence-corrected chi connectivity index (χ3v) is 4.26. The number of esters is 1. The summed E-state index contributed by atoms with van der Waals surface area (Å²) in [5.74, 6) is -0.824. The molecule has 0 aromatic carbocycles. The molecule has 1 amide bonds. The van der Waals surface area contributed by atoms with Crippen LogP contribution in [0.3, 0.4) is 0 Å². The van der Waals surface area contributed by atoms with E-state index in [4.69, 9.17) is 4.74 Å². The SMILES string of the molecule is CCN(CC(=O)c1c(C)c(C(=O)OC)n(CC)c1C)C(=O)C(C)C. The molecule has 0 aliphatic heterocycles. The number of methoxy groups -OCH3 is 1. The van der Waals surface area contributed by atoms with Gasteiger partial charge in [0.25, 0.3) is 0 Å². The van der Waals surface area contributed by atoms with Gasteiger partial charge in [-0.15, -0.1) is 0 Å². The van der Waals surface area contributed by atoms with E-state index in [-0.39, 0.29) is 24.2 Å². The Kier molecular flexibility index (Phi) is 6.75. The maximum atomic E-state index is 12.8. The first-order valence-corrected chi connectivity index (χ1v) is 8.31. The molecule has 0 unspecified atom stereocenters. The summed E-state index contributed by atoms with van der Waals surface area (Å²) >= 11 is 0. The lowest BCUT2D eigenvalue weighted by atomic mass is 10.0. The van der Waals surface area contributed by atoms with Gasteiger partial charge in [0.2, 0.25) is 5.91 Å². The summed E-state index contributed by atoms with van der Waals surface area (Å²) in [7, 11) is 1.33. The van der Waals surface area contributed by atoms with Gasteiger partial charge in [-0.3, -0.25) is 9.59 Å². The van der Waals surface area contributed by atoms with E-state index in [1.807, 2.05) is 34.6 Å². The van der Waals surface area contributed by atoms with Gasteiger partial charge in [-0.1, -0.05) is 13.8 Å². The standard InChI is InChI=1S/C18H28N2O4/c1-8-19(17(22)11(3)4)10-14(21)15-12(5)16(18(23)24-7)20(9-2)13(15)6/h11H,8-10H2,1-7H3. The second-order valence-electron chi connectivity index (χ2n) is 6.10. The van der Waals surface area contributed by atoms with Crippen LogP contribution >= 0.6 is 0 Å². The smallest absolute Gasteiger partial charge is 0.354 e. The lowest BCUT2D eigenvalue weighted by molar-refractivity contribution is -0.133. The largest absolute Gasteiger partial charge is 0.464 e. The van der Waals surface area contributed by atoms with Crippen LogP contribution in [0.2, 0.25) is 0 Å². The average Bonchev–Trinajstić information content (AvgIpc) is 2.80. The van der Waals surface area contributed by atoms with E-state index in [1.54, 1.807) is 16.4 Å². The van der Waals surface area contributed by atoms with Crippen LogP contribution in [0, 0.1) is 19.8 Å². The number of Topliss-reactive ketones (excluding diaryl/α,β-unsaturated/α-hetero) is 1. The Morgan fingerprint density at radius 1 is 1.17 bits per heavy atom. The lowest BCUT2D eigenvalue weighted by Gasteiger charge is -2.22. The predicted octanol–water partition coefficient (Wildman–Crippen LogP) is 2.60. The number of carbonyl (C=O) groups is 3. The molecule has 24 heavy (non-hydrogen) atoms. The minimum Gasteiger partial charge on any atom is -0.464 e. The van der Waals surface area contributed by atoms with Crippen molar-refractivity contribution < 1.29 is 19.1 Å². The molecular weight excluding hydrogens is 308 g/mol. The molecule has 6 nitrogen and oxygen atoms in total. The molecule has 0 spiro atoms. The highest BCUT2D eigenvalue weighted by atomic mass is 16.5. The van der Waals surface area contributed by atoms with Gasteiger partial charge in [0, 0.05) is 30.3 Å². The van der Waals surface area contributed by atoms with Crippen molar-refractivity contribution in [1.82, 2.24) is 9.47 Å². The van der Waals surface area contributed by atoms with Crippen molar-refractivity contribution in [1.29, 1.82) is 0 Å². The quantitative estimate of drug-likeness (QED) is 0.567. The van der Waals surface area contributed by atoms with Crippen LogP contribution in [0.4, 0.5) is 0 Å². The number of aromatic nitrogens is 1. The van der Waals surface area contributed by atoms with Crippen molar-refractivity contribution >= 4 is 17.7 Å². The highest BCUT2D eigenvalue weighted by Crippen LogP contribution is 2.24. The fourth-order valence-corrected chi connectivity index (χ4v) is 3.02. The molecule has 0 saturated carbocycles. The van der Waals surface area contributed by atoms with Gasteiger partial charge in [0.1, 0.15) is 5.69 Å². The van der Waals surface area contributed by atoms with Gasteiger partial charge in [-0.05, 0) is 33.3 Å². The van der Waals surface area contributed by atoms with Gasteiger partial charge < -0.3 is 14.2 Å². The monoisotopic (exact) mass is 336 g/mol. The molecule has 0 aliphatic rings. The molecule has 1 heterocycles. The Labute approximate surface area is 143 Å². The zero-order valence-electron chi connectivity index (χ0n) is 15.7. The number of rotatable bonds is 7. The zero-order valence-corrected chi connectivity index (χ0v) is 15.7. The minimum absolute atomic E-state index is 0.0174. The van der Waals surface area contributed by atoms with E-state index < -0.39 is 5.97 Å². The average molecular weight is 336 g/mol. The molecule has 0 fully saturated rings. The van der Waals surface area contributed by atoms with Crippen LogP contribution in [0.25, 0.3) is 0 Å². The molecule has 0 saturated heterocycles. The molecule has 1 aromatic heterocycles. The Bertz CT molecular complexity index is 644. The summed E-state index contributed by atoms with van der Waals surface area (Å²) in [6.07, 6.45) is 0. The van der Waals surface area contributed by atoms with Gasteiger partial charge in [-0.2, -0.15) is 0 Å². The van der Waals surface area contributed by atoms with Crippen molar-refractivity contribution in [2.45, 2.75) is 48.1 Å². The molecule has 1 aromatic rings. The first-order valence-electron chi connectivity index (χ1n) is 8.31. The number of likely N-dealkylation sites (N-methyl/N-ethyl adjacent to an activating group) is 1. The molecule has 0 N–H and O–H groups in total. The second kappa shape index (κ2) is 8.13. The number of hydrogen-bond acceptors (Lipinski definition) is 4. The molecular formula is C18H28N2O4. The Hall–Kier alpha value is -2.11. The van der Waals surface area contributed by atoms with Gasteiger partial charge in [-0.25, -0.2) is 4.79 Å². The van der Waals surface area contributed by atoms with E-state index in [1.165, 1.54) is 7.11 Å². The number of carbonyl (C=O) groups excluding carboxylic acids is 3. The maximum Gasteiger partial charge on any atom is 0.354 e. The molecule has 0 radical (unpaired) electrons. The Morgan fingerprint density at radius 3 is 2.17 bits per heavy atom. The fraction of sp³-hybridized carbons (Fsp3) is 0.611. The van der Waals surface area contributed by atoms with Crippen molar-refractivity contribution in [2.75, 3.05) is 20.2 Å². The number of hydrogen-bond donors (Lipinski definition) is 0. The first kappa shape index (κ1) is 19.9. The summed E-state index contributed by atoms with van der Waals surface area (Å²) in [4.78, 5) is 38.6. The number of nitrogens with zero attached hydrogens (tertiary/aromatic N) is 2. The van der Waals surface area contributed by atoms with E-state index in [0.29, 0.717) is 29.9 Å². The summed E-state index contributed by atoms with van der Waals surface area (Å²) in [5, 5.41) is 0. The number of ketones is 1. The molecule has 0 bridgehead atoms. The molecule has 6 heteroatoms. The van der Waals surface area contributed by atoms with Crippen LogP contribution in [-0.4, -0.2) is 47.3 Å². The number of amides is 1. The first-order chi connectivity index (χ1) is 11.2. The van der Waals surface area contributed by atoms with E-state index >= 15 is 0 Å². The van der Waals surface area contributed by atoms with E-state index in [9.17, 15) is 14.4 Å². The van der Waals surface area contributed by atoms with Crippen molar-refractivity contribution in [3.8, 4) is 0 Å². The molecule has 134 valence electrons. The maximum absolute atomic E-state index is 12.8. The molecule has 1 rings (SSSR count). The summed E-state index contributed by atoms with van der Waals surface area (Å²) in [5.41, 5.74) is 2.25. The topological polar surface area (TPSA) is 68.6 Å². The van der Waals surface area contributed by atoms with Crippen LogP contribution in [-0.2, 0) is 16.1 Å². The van der Waals surface area contributed by atoms with Gasteiger partial charge in [0.15, 0.2) is 5.78 Å². The Morgan fingerprint density at radius 2 is 1.75 bits per heavy atom. The van der Waals surface area contributed by atoms with E-state index in [0.717, 1.165) is 5.69 Å². The highest BCUT2D eigenvalue weighted by Gasteiger charge is 2.28. The van der Waals surface area contributed by atoms with Crippen LogP contribution in [0.15, 0.2) is 0 Å². The normalized spacial score (nSPS) is 10.8. The van der Waals surface area contributed by atoms with Crippen LogP contribution in [0.1, 0.15) is 59.8 Å². The zero-order chi connectivity index (χ0) is 18.6. The highest BCUT2D eigenvalue weighted by molar-refractivity contribution is 6.04. The van der Waals surface area contributed by atoms with E-state index in [2.05, 4.69) is 0 Å². The molecule has 0 atom stereocenters. The fourth-order valence-electron chi connectivity index (χ4n) is 3.02. The summed E-state index contributed by atoms with van der Waals surface area (Å²) in [6, 6.07) is 0. The summed E-state index contributed by atoms with van der Waals surface area (Å²) < 4.78 is 6.63. The third-order valence-electron chi connectivity index (χ3n) is 4.26. The molecule has 0 aliphatic carbocycles. The minimum atomic E-state index is -0.456.